The SMILES string of the molecule is COC(=O)[C@H](CSSCC(N)C(=O)O)NC(=O)C(CSC(C)=O)Cc1ccccc1. The number of esters is 1. The Balaban J connectivity index is 2.74. The summed E-state index contributed by atoms with van der Waals surface area (Å²) in [7, 11) is 3.66. The highest BCUT2D eigenvalue weighted by Crippen LogP contribution is 2.23. The third-order valence-corrected chi connectivity index (χ3v) is 7.29. The molecule has 3 atom stereocenters. The van der Waals surface area contributed by atoms with E-state index in [4.69, 9.17) is 15.6 Å². The van der Waals surface area contributed by atoms with Gasteiger partial charge in [-0.15, -0.1) is 0 Å². The quantitative estimate of drug-likeness (QED) is 0.220. The van der Waals surface area contributed by atoms with Crippen molar-refractivity contribution >= 4 is 56.3 Å². The molecule has 0 radical (unpaired) electrons. The van der Waals surface area contributed by atoms with Crippen LogP contribution < -0.4 is 11.1 Å². The van der Waals surface area contributed by atoms with Crippen LogP contribution in [-0.2, 0) is 30.3 Å². The van der Waals surface area contributed by atoms with Crippen molar-refractivity contribution in [2.75, 3.05) is 24.4 Å². The molecule has 30 heavy (non-hydrogen) atoms. The molecule has 1 aromatic rings. The Morgan fingerprint density at radius 1 is 1.10 bits per heavy atom. The normalized spacial score (nSPS) is 13.7. The number of hydrogen-bond acceptors (Lipinski definition) is 9. The van der Waals surface area contributed by atoms with Crippen molar-refractivity contribution in [2.24, 2.45) is 11.7 Å². The molecule has 0 spiro atoms. The second-order valence-corrected chi connectivity index (χ2v) is 10.0. The van der Waals surface area contributed by atoms with Crippen LogP contribution in [0.3, 0.4) is 0 Å². The van der Waals surface area contributed by atoms with Crippen LogP contribution >= 0.6 is 33.3 Å². The molecule has 1 aromatic carbocycles. The summed E-state index contributed by atoms with van der Waals surface area (Å²) < 4.78 is 4.77. The Hall–Kier alpha value is -1.69. The first-order chi connectivity index (χ1) is 14.2. The monoisotopic (exact) mass is 474 g/mol. The third kappa shape index (κ3) is 10.4. The van der Waals surface area contributed by atoms with Crippen LogP contribution in [0.25, 0.3) is 0 Å². The molecule has 0 heterocycles. The molecule has 2 unspecified atom stereocenters. The van der Waals surface area contributed by atoms with Gasteiger partial charge in [-0.1, -0.05) is 63.7 Å². The fourth-order valence-corrected chi connectivity index (χ4v) is 5.22. The standard InChI is InChI=1S/C19H26N2O6S3/c1-12(22)28-9-14(8-13-6-4-3-5-7-13)17(23)21-16(19(26)27-2)11-30-29-10-15(20)18(24)25/h3-7,14-16H,8-11,20H2,1-2H3,(H,21,23)(H,24,25)/t14?,15?,16-/m0/s1. The fraction of sp³-hybridized carbons (Fsp3) is 0.474. The summed E-state index contributed by atoms with van der Waals surface area (Å²) in [6, 6.07) is 7.50. The summed E-state index contributed by atoms with van der Waals surface area (Å²) in [5, 5.41) is 11.4. The van der Waals surface area contributed by atoms with Crippen LogP contribution in [0.4, 0.5) is 0 Å². The van der Waals surface area contributed by atoms with E-state index in [1.54, 1.807) is 0 Å². The van der Waals surface area contributed by atoms with Gasteiger partial charge in [0.1, 0.15) is 12.1 Å². The van der Waals surface area contributed by atoms with E-state index in [9.17, 15) is 19.2 Å². The van der Waals surface area contributed by atoms with E-state index in [1.165, 1.54) is 35.6 Å². The van der Waals surface area contributed by atoms with Gasteiger partial charge in [0, 0.05) is 24.2 Å². The van der Waals surface area contributed by atoms with Crippen LogP contribution in [0.2, 0.25) is 0 Å². The van der Waals surface area contributed by atoms with E-state index >= 15 is 0 Å². The zero-order valence-corrected chi connectivity index (χ0v) is 19.2. The predicted octanol–water partition coefficient (Wildman–Crippen LogP) is 1.58. The molecule has 11 heteroatoms. The van der Waals surface area contributed by atoms with Gasteiger partial charge in [-0.3, -0.25) is 14.4 Å². The van der Waals surface area contributed by atoms with Gasteiger partial charge in [0.05, 0.1) is 13.0 Å². The molecule has 0 aliphatic carbocycles. The van der Waals surface area contributed by atoms with Crippen LogP contribution in [0.1, 0.15) is 12.5 Å². The highest BCUT2D eigenvalue weighted by atomic mass is 33.1. The number of hydrogen-bond donors (Lipinski definition) is 3. The van der Waals surface area contributed by atoms with Crippen molar-refractivity contribution in [3.63, 3.8) is 0 Å². The first-order valence-corrected chi connectivity index (χ1v) is 12.5. The molecule has 0 saturated carbocycles. The van der Waals surface area contributed by atoms with Crippen LogP contribution in [0.15, 0.2) is 30.3 Å². The van der Waals surface area contributed by atoms with Crippen molar-refractivity contribution < 1.29 is 29.0 Å². The summed E-state index contributed by atoms with van der Waals surface area (Å²) in [5.41, 5.74) is 6.39. The smallest absolute Gasteiger partial charge is 0.329 e. The fourth-order valence-electron chi connectivity index (χ4n) is 2.25. The molecule has 0 fully saturated rings. The molecule has 0 aliphatic heterocycles. The van der Waals surface area contributed by atoms with Gasteiger partial charge in [0.15, 0.2) is 5.12 Å². The van der Waals surface area contributed by atoms with Gasteiger partial charge in [0.25, 0.3) is 0 Å². The number of carboxylic acids is 1. The van der Waals surface area contributed by atoms with Crippen LogP contribution in [0.5, 0.6) is 0 Å². The minimum absolute atomic E-state index is 0.0906. The summed E-state index contributed by atoms with van der Waals surface area (Å²) in [6.45, 7) is 1.44. The van der Waals surface area contributed by atoms with Crippen molar-refractivity contribution in [1.29, 1.82) is 0 Å². The summed E-state index contributed by atoms with van der Waals surface area (Å²) in [5.74, 6) is -1.92. The molecule has 8 nitrogen and oxygen atoms in total. The average Bonchev–Trinajstić information content (AvgIpc) is 2.72. The summed E-state index contributed by atoms with van der Waals surface area (Å²) in [6.07, 6.45) is 0.427. The number of rotatable bonds is 13. The van der Waals surface area contributed by atoms with Crippen molar-refractivity contribution in [3.05, 3.63) is 35.9 Å². The summed E-state index contributed by atoms with van der Waals surface area (Å²) >= 11 is 1.06. The number of carbonyl (C=O) groups is 4. The van der Waals surface area contributed by atoms with Crippen LogP contribution in [-0.4, -0.2) is 64.5 Å². The summed E-state index contributed by atoms with van der Waals surface area (Å²) in [4.78, 5) is 47.1. The Morgan fingerprint density at radius 2 is 1.73 bits per heavy atom. The van der Waals surface area contributed by atoms with Gasteiger partial charge in [0.2, 0.25) is 5.91 Å². The topological polar surface area (TPSA) is 136 Å². The molecule has 1 rings (SSSR count). The predicted molar refractivity (Wildman–Crippen MR) is 121 cm³/mol. The largest absolute Gasteiger partial charge is 0.480 e. The lowest BCUT2D eigenvalue weighted by atomic mass is 10.00. The number of nitrogens with two attached hydrogens (primary N) is 1. The second kappa shape index (κ2) is 14.3. The second-order valence-electron chi connectivity index (χ2n) is 6.29. The minimum atomic E-state index is -1.10. The molecule has 166 valence electrons. The Labute approximate surface area is 187 Å². The Kier molecular flexibility index (Phi) is 12.6. The Morgan fingerprint density at radius 3 is 2.30 bits per heavy atom. The average molecular weight is 475 g/mol. The van der Waals surface area contributed by atoms with Gasteiger partial charge < -0.3 is 20.9 Å². The van der Waals surface area contributed by atoms with E-state index < -0.39 is 29.9 Å². The zero-order chi connectivity index (χ0) is 22.5. The van der Waals surface area contributed by atoms with Gasteiger partial charge >= 0.3 is 11.9 Å². The minimum Gasteiger partial charge on any atom is -0.480 e. The number of aliphatic carboxylic acids is 1. The lowest BCUT2D eigenvalue weighted by Crippen LogP contribution is -2.46. The van der Waals surface area contributed by atoms with E-state index in [2.05, 4.69) is 5.32 Å². The van der Waals surface area contributed by atoms with E-state index in [1.807, 2.05) is 30.3 Å². The van der Waals surface area contributed by atoms with Gasteiger partial charge in [-0.05, 0) is 12.0 Å². The van der Waals surface area contributed by atoms with E-state index in [0.717, 1.165) is 17.3 Å². The first-order valence-electron chi connectivity index (χ1n) is 9.02. The molecule has 4 N–H and O–H groups in total. The zero-order valence-electron chi connectivity index (χ0n) is 16.7. The third-order valence-electron chi connectivity index (χ3n) is 3.87. The lowest BCUT2D eigenvalue weighted by Gasteiger charge is -2.21. The maximum atomic E-state index is 12.9. The molecule has 0 aromatic heterocycles. The van der Waals surface area contributed by atoms with Crippen molar-refractivity contribution in [2.45, 2.75) is 25.4 Å². The molecule has 0 saturated heterocycles. The molecular weight excluding hydrogens is 448 g/mol. The van der Waals surface area contributed by atoms with Crippen LogP contribution in [0, 0.1) is 5.92 Å². The highest BCUT2D eigenvalue weighted by Gasteiger charge is 2.27. The van der Waals surface area contributed by atoms with Gasteiger partial charge in [-0.25, -0.2) is 4.79 Å². The number of methoxy groups -OCH3 is 1. The number of benzene rings is 1. The number of carbonyl (C=O) groups excluding carboxylic acids is 3. The molecule has 1 amide bonds. The maximum absolute atomic E-state index is 12.9. The van der Waals surface area contributed by atoms with Crippen molar-refractivity contribution in [1.82, 2.24) is 5.32 Å². The molecule has 0 bridgehead atoms. The number of ether oxygens (including phenoxy) is 1. The number of carboxylic acid groups (broad SMARTS) is 1. The number of nitrogens with one attached hydrogen (secondary N) is 1. The van der Waals surface area contributed by atoms with Crippen molar-refractivity contribution in [3.8, 4) is 0 Å². The number of amides is 1. The Bertz CT molecular complexity index is 719. The molecule has 0 aliphatic rings. The number of thioether (sulfide) groups is 1. The van der Waals surface area contributed by atoms with E-state index in [0.29, 0.717) is 12.2 Å². The van der Waals surface area contributed by atoms with Gasteiger partial charge in [-0.2, -0.15) is 0 Å². The first kappa shape index (κ1) is 26.3. The maximum Gasteiger partial charge on any atom is 0.329 e. The van der Waals surface area contributed by atoms with E-state index in [-0.39, 0.29) is 22.5 Å². The molecular formula is C19H26N2O6S3. The lowest BCUT2D eigenvalue weighted by molar-refractivity contribution is -0.144. The highest BCUT2D eigenvalue weighted by molar-refractivity contribution is 8.76.